The van der Waals surface area contributed by atoms with Crippen molar-refractivity contribution in [3.63, 3.8) is 0 Å². The van der Waals surface area contributed by atoms with E-state index in [0.29, 0.717) is 6.42 Å². The fraction of sp³-hybridized carbons (Fsp3) is 0.667. The zero-order valence-corrected chi connectivity index (χ0v) is 7.03. The van der Waals surface area contributed by atoms with E-state index in [1.54, 1.807) is 0 Å². The second-order valence-electron chi connectivity index (χ2n) is 3.86. The van der Waals surface area contributed by atoms with Gasteiger partial charge >= 0.3 is 5.97 Å². The van der Waals surface area contributed by atoms with Crippen molar-refractivity contribution in [3.05, 3.63) is 0 Å². The summed E-state index contributed by atoms with van der Waals surface area (Å²) in [5.41, 5.74) is 0. The number of fused-ring (bicyclic) bond motifs is 1. The van der Waals surface area contributed by atoms with Crippen molar-refractivity contribution in [2.45, 2.75) is 19.3 Å². The monoisotopic (exact) mass is 182 g/mol. The van der Waals surface area contributed by atoms with Gasteiger partial charge in [0.05, 0.1) is 0 Å². The molecular weight excluding hydrogens is 172 g/mol. The van der Waals surface area contributed by atoms with Crippen LogP contribution in [0.4, 0.5) is 0 Å². The number of carbonyl (C=O) groups excluding carboxylic acids is 2. The Balaban J connectivity index is 2.24. The van der Waals surface area contributed by atoms with Crippen molar-refractivity contribution < 1.29 is 19.5 Å². The van der Waals surface area contributed by atoms with Crippen molar-refractivity contribution in [1.82, 2.24) is 0 Å². The highest BCUT2D eigenvalue weighted by atomic mass is 16.4. The Bertz CT molecular complexity index is 294. The maximum absolute atomic E-state index is 11.2. The highest BCUT2D eigenvalue weighted by Crippen LogP contribution is 2.44. The molecule has 0 radical (unpaired) electrons. The Labute approximate surface area is 74.9 Å². The van der Waals surface area contributed by atoms with Gasteiger partial charge < -0.3 is 5.11 Å². The van der Waals surface area contributed by atoms with Gasteiger partial charge in [0, 0.05) is 19.3 Å². The summed E-state index contributed by atoms with van der Waals surface area (Å²) in [6.45, 7) is 0. The molecule has 2 aliphatic rings. The molecule has 0 aromatic heterocycles. The lowest BCUT2D eigenvalue weighted by Crippen LogP contribution is -2.24. The van der Waals surface area contributed by atoms with E-state index in [1.165, 1.54) is 0 Å². The maximum atomic E-state index is 11.2. The number of hydrogen-bond donors (Lipinski definition) is 1. The van der Waals surface area contributed by atoms with Crippen LogP contribution in [0.2, 0.25) is 0 Å². The molecular formula is C9H10O4. The first kappa shape index (κ1) is 8.41. The largest absolute Gasteiger partial charge is 0.481 e. The van der Waals surface area contributed by atoms with E-state index in [-0.39, 0.29) is 36.2 Å². The summed E-state index contributed by atoms with van der Waals surface area (Å²) < 4.78 is 0. The fourth-order valence-corrected chi connectivity index (χ4v) is 2.52. The minimum Gasteiger partial charge on any atom is -0.481 e. The molecule has 0 spiro atoms. The average molecular weight is 182 g/mol. The second-order valence-corrected chi connectivity index (χ2v) is 3.86. The number of carboxylic acids is 1. The molecule has 0 amide bonds. The van der Waals surface area contributed by atoms with Crippen LogP contribution in [0.3, 0.4) is 0 Å². The van der Waals surface area contributed by atoms with Crippen LogP contribution in [0, 0.1) is 17.8 Å². The Kier molecular flexibility index (Phi) is 1.71. The lowest BCUT2D eigenvalue weighted by Gasteiger charge is -2.10. The molecule has 4 nitrogen and oxygen atoms in total. The summed E-state index contributed by atoms with van der Waals surface area (Å²) in [6, 6.07) is 0. The minimum absolute atomic E-state index is 0.0149. The standard InChI is InChI=1S/C9H10O4/c10-5-1-4-2-7(11)8(9(12)13)6(4)3-5/h4,6,8H,1-3H2,(H,12,13). The molecule has 2 aliphatic carbocycles. The molecule has 1 N–H and O–H groups in total. The summed E-state index contributed by atoms with van der Waals surface area (Å²) in [7, 11) is 0. The summed E-state index contributed by atoms with van der Waals surface area (Å²) in [6.07, 6.45) is 0.973. The molecule has 2 fully saturated rings. The SMILES string of the molecule is O=C1CC2CC(=O)C(C(=O)O)C2C1. The van der Waals surface area contributed by atoms with E-state index < -0.39 is 11.9 Å². The van der Waals surface area contributed by atoms with E-state index in [0.717, 1.165) is 0 Å². The van der Waals surface area contributed by atoms with Crippen molar-refractivity contribution in [3.8, 4) is 0 Å². The topological polar surface area (TPSA) is 71.4 Å². The van der Waals surface area contributed by atoms with Gasteiger partial charge in [0.25, 0.3) is 0 Å². The minimum atomic E-state index is -1.06. The molecule has 13 heavy (non-hydrogen) atoms. The Morgan fingerprint density at radius 3 is 2.54 bits per heavy atom. The van der Waals surface area contributed by atoms with Gasteiger partial charge in [-0.2, -0.15) is 0 Å². The summed E-state index contributed by atoms with van der Waals surface area (Å²) in [5, 5.41) is 8.78. The van der Waals surface area contributed by atoms with Crippen LogP contribution in [0.25, 0.3) is 0 Å². The van der Waals surface area contributed by atoms with Crippen LogP contribution in [-0.2, 0) is 14.4 Å². The van der Waals surface area contributed by atoms with Crippen LogP contribution >= 0.6 is 0 Å². The van der Waals surface area contributed by atoms with Gasteiger partial charge in [-0.25, -0.2) is 0 Å². The molecule has 2 saturated carbocycles. The average Bonchev–Trinajstić information content (AvgIpc) is 2.41. The number of ketones is 2. The van der Waals surface area contributed by atoms with E-state index in [9.17, 15) is 14.4 Å². The third-order valence-corrected chi connectivity index (χ3v) is 3.06. The molecule has 0 saturated heterocycles. The predicted octanol–water partition coefficient (Wildman–Crippen LogP) is 0.255. The Morgan fingerprint density at radius 1 is 1.23 bits per heavy atom. The highest BCUT2D eigenvalue weighted by Gasteiger charge is 2.50. The molecule has 2 rings (SSSR count). The molecule has 0 heterocycles. The zero-order chi connectivity index (χ0) is 9.59. The van der Waals surface area contributed by atoms with Gasteiger partial charge in [-0.3, -0.25) is 14.4 Å². The molecule has 0 aliphatic heterocycles. The van der Waals surface area contributed by atoms with Crippen LogP contribution in [0.1, 0.15) is 19.3 Å². The quantitative estimate of drug-likeness (QED) is 0.590. The van der Waals surface area contributed by atoms with E-state index in [4.69, 9.17) is 5.11 Å². The van der Waals surface area contributed by atoms with Gasteiger partial charge in [-0.05, 0) is 11.8 Å². The van der Waals surface area contributed by atoms with Crippen molar-refractivity contribution in [2.75, 3.05) is 0 Å². The number of carboxylic acid groups (broad SMARTS) is 1. The van der Waals surface area contributed by atoms with Gasteiger partial charge in [-0.15, -0.1) is 0 Å². The third kappa shape index (κ3) is 1.17. The normalized spacial score (nSPS) is 38.0. The van der Waals surface area contributed by atoms with E-state index >= 15 is 0 Å². The molecule has 0 bridgehead atoms. The van der Waals surface area contributed by atoms with Crippen LogP contribution < -0.4 is 0 Å². The number of Topliss-reactive ketones (excluding diaryl/α,β-unsaturated/α-hetero) is 2. The molecule has 70 valence electrons. The number of carbonyl (C=O) groups is 3. The summed E-state index contributed by atoms with van der Waals surface area (Å²) >= 11 is 0. The number of aliphatic carboxylic acids is 1. The first-order valence-electron chi connectivity index (χ1n) is 4.37. The first-order valence-corrected chi connectivity index (χ1v) is 4.37. The number of rotatable bonds is 1. The summed E-state index contributed by atoms with van der Waals surface area (Å²) in [5.74, 6) is -2.26. The Hall–Kier alpha value is -1.19. The lowest BCUT2D eigenvalue weighted by molar-refractivity contribution is -0.146. The van der Waals surface area contributed by atoms with Gasteiger partial charge in [0.2, 0.25) is 0 Å². The second kappa shape index (κ2) is 2.65. The zero-order valence-electron chi connectivity index (χ0n) is 7.03. The van der Waals surface area contributed by atoms with Crippen molar-refractivity contribution in [1.29, 1.82) is 0 Å². The van der Waals surface area contributed by atoms with Gasteiger partial charge in [0.1, 0.15) is 17.5 Å². The van der Waals surface area contributed by atoms with E-state index in [1.807, 2.05) is 0 Å². The maximum Gasteiger partial charge on any atom is 0.314 e. The molecule has 3 unspecified atom stereocenters. The van der Waals surface area contributed by atoms with Gasteiger partial charge in [-0.1, -0.05) is 0 Å². The Morgan fingerprint density at radius 2 is 1.92 bits per heavy atom. The lowest BCUT2D eigenvalue weighted by atomic mass is 9.92. The van der Waals surface area contributed by atoms with Crippen LogP contribution in [-0.4, -0.2) is 22.6 Å². The molecule has 0 aromatic rings. The summed E-state index contributed by atoms with van der Waals surface area (Å²) in [4.78, 5) is 33.0. The molecule has 0 aromatic carbocycles. The molecule has 3 atom stereocenters. The number of hydrogen-bond acceptors (Lipinski definition) is 3. The van der Waals surface area contributed by atoms with Crippen LogP contribution in [0.5, 0.6) is 0 Å². The highest BCUT2D eigenvalue weighted by molar-refractivity contribution is 6.02. The fourth-order valence-electron chi connectivity index (χ4n) is 2.52. The van der Waals surface area contributed by atoms with E-state index in [2.05, 4.69) is 0 Å². The van der Waals surface area contributed by atoms with Gasteiger partial charge in [0.15, 0.2) is 0 Å². The third-order valence-electron chi connectivity index (χ3n) is 3.06. The van der Waals surface area contributed by atoms with Crippen molar-refractivity contribution in [2.24, 2.45) is 17.8 Å². The first-order chi connectivity index (χ1) is 6.09. The molecule has 4 heteroatoms. The van der Waals surface area contributed by atoms with Crippen LogP contribution in [0.15, 0.2) is 0 Å². The smallest absolute Gasteiger partial charge is 0.314 e. The predicted molar refractivity (Wildman–Crippen MR) is 42.0 cm³/mol. The van der Waals surface area contributed by atoms with Crippen molar-refractivity contribution >= 4 is 17.5 Å².